The van der Waals surface area contributed by atoms with Crippen molar-refractivity contribution < 1.29 is 24.6 Å². The summed E-state index contributed by atoms with van der Waals surface area (Å²) in [6.07, 6.45) is -0.917. The highest BCUT2D eigenvalue weighted by molar-refractivity contribution is 5.45. The molecule has 0 aliphatic carbocycles. The minimum Gasteiger partial charge on any atom is -0.394 e. The van der Waals surface area contributed by atoms with Crippen molar-refractivity contribution in [1.82, 2.24) is 5.06 Å². The first-order chi connectivity index (χ1) is 13.1. The summed E-state index contributed by atoms with van der Waals surface area (Å²) in [7, 11) is 0. The van der Waals surface area contributed by atoms with Gasteiger partial charge in [0.15, 0.2) is 0 Å². The average Bonchev–Trinajstić information content (AvgIpc) is 2.72. The SMILES string of the molecule is CC(C(O)CN(C=O)OCc1ccccc1)C(CO)OCc1ccccc1. The number of carbonyl (C=O) groups is 1. The number of aliphatic hydroxyl groups excluding tert-OH is 2. The molecule has 0 fully saturated rings. The minimum atomic E-state index is -0.904. The van der Waals surface area contributed by atoms with Gasteiger partial charge in [0.2, 0.25) is 6.41 Å². The zero-order valence-electron chi connectivity index (χ0n) is 15.5. The topological polar surface area (TPSA) is 79.2 Å². The molecular weight excluding hydrogens is 346 g/mol. The first kappa shape index (κ1) is 21.1. The van der Waals surface area contributed by atoms with Gasteiger partial charge in [-0.1, -0.05) is 67.6 Å². The maximum atomic E-state index is 11.2. The molecular formula is C21H27NO5. The first-order valence-corrected chi connectivity index (χ1v) is 8.97. The van der Waals surface area contributed by atoms with Gasteiger partial charge in [-0.3, -0.25) is 9.63 Å². The molecule has 0 bridgehead atoms. The van der Waals surface area contributed by atoms with Crippen LogP contribution in [0.1, 0.15) is 18.1 Å². The lowest BCUT2D eigenvalue weighted by atomic mass is 9.98. The largest absolute Gasteiger partial charge is 0.394 e. The zero-order valence-corrected chi connectivity index (χ0v) is 15.5. The van der Waals surface area contributed by atoms with Crippen molar-refractivity contribution >= 4 is 6.41 Å². The van der Waals surface area contributed by atoms with Gasteiger partial charge in [0.05, 0.1) is 32.0 Å². The third-order valence-electron chi connectivity index (χ3n) is 4.40. The van der Waals surface area contributed by atoms with E-state index in [2.05, 4.69) is 0 Å². The minimum absolute atomic E-state index is 0.0112. The highest BCUT2D eigenvalue weighted by atomic mass is 16.7. The van der Waals surface area contributed by atoms with Gasteiger partial charge in [-0.2, -0.15) is 0 Å². The number of amides is 1. The molecule has 3 atom stereocenters. The van der Waals surface area contributed by atoms with Crippen LogP contribution in [0.15, 0.2) is 60.7 Å². The Morgan fingerprint density at radius 3 is 2.07 bits per heavy atom. The Morgan fingerprint density at radius 1 is 1.00 bits per heavy atom. The molecule has 0 aromatic heterocycles. The molecule has 1 amide bonds. The molecule has 0 aliphatic heterocycles. The van der Waals surface area contributed by atoms with Crippen LogP contribution in [0.5, 0.6) is 0 Å². The van der Waals surface area contributed by atoms with Crippen molar-refractivity contribution in [3.63, 3.8) is 0 Å². The molecule has 0 saturated heterocycles. The van der Waals surface area contributed by atoms with E-state index < -0.39 is 12.2 Å². The van der Waals surface area contributed by atoms with Gasteiger partial charge in [-0.25, -0.2) is 5.06 Å². The second-order valence-corrected chi connectivity index (χ2v) is 6.41. The molecule has 0 heterocycles. The number of hydrogen-bond donors (Lipinski definition) is 2. The average molecular weight is 373 g/mol. The summed E-state index contributed by atoms with van der Waals surface area (Å²) < 4.78 is 5.75. The van der Waals surface area contributed by atoms with Crippen molar-refractivity contribution in [2.75, 3.05) is 13.2 Å². The van der Waals surface area contributed by atoms with Gasteiger partial charge in [0.25, 0.3) is 0 Å². The lowest BCUT2D eigenvalue weighted by Crippen LogP contribution is -2.41. The second-order valence-electron chi connectivity index (χ2n) is 6.41. The highest BCUT2D eigenvalue weighted by Gasteiger charge is 2.26. The number of benzene rings is 2. The van der Waals surface area contributed by atoms with E-state index in [0.717, 1.165) is 16.2 Å². The fourth-order valence-electron chi connectivity index (χ4n) is 2.60. The summed E-state index contributed by atoms with van der Waals surface area (Å²) in [6, 6.07) is 19.1. The Kier molecular flexibility index (Phi) is 8.94. The van der Waals surface area contributed by atoms with Crippen molar-refractivity contribution in [1.29, 1.82) is 0 Å². The molecule has 0 radical (unpaired) electrons. The Bertz CT molecular complexity index is 652. The molecule has 0 aliphatic rings. The van der Waals surface area contributed by atoms with E-state index in [1.807, 2.05) is 60.7 Å². The molecule has 6 heteroatoms. The maximum Gasteiger partial charge on any atom is 0.233 e. The zero-order chi connectivity index (χ0) is 19.5. The fraction of sp³-hybridized carbons (Fsp3) is 0.381. The summed E-state index contributed by atoms with van der Waals surface area (Å²) in [5, 5.41) is 21.1. The van der Waals surface area contributed by atoms with Crippen molar-refractivity contribution in [3.05, 3.63) is 71.8 Å². The fourth-order valence-corrected chi connectivity index (χ4v) is 2.60. The number of nitrogens with zero attached hydrogens (tertiary/aromatic N) is 1. The Hall–Kier alpha value is -2.25. The number of hydroxylamine groups is 2. The second kappa shape index (κ2) is 11.5. The van der Waals surface area contributed by atoms with Crippen LogP contribution >= 0.6 is 0 Å². The highest BCUT2D eigenvalue weighted by Crippen LogP contribution is 2.16. The predicted octanol–water partition coefficient (Wildman–Crippen LogP) is 2.15. The first-order valence-electron chi connectivity index (χ1n) is 8.97. The number of ether oxygens (including phenoxy) is 1. The molecule has 2 rings (SSSR count). The number of hydrogen-bond acceptors (Lipinski definition) is 5. The molecule has 146 valence electrons. The molecule has 2 aromatic rings. The Morgan fingerprint density at radius 2 is 1.56 bits per heavy atom. The van der Waals surface area contributed by atoms with Crippen molar-refractivity contribution in [2.45, 2.75) is 32.3 Å². The van der Waals surface area contributed by atoms with Gasteiger partial charge in [-0.15, -0.1) is 0 Å². The summed E-state index contributed by atoms with van der Waals surface area (Å²) in [4.78, 5) is 16.7. The van der Waals surface area contributed by atoms with E-state index >= 15 is 0 Å². The Labute approximate surface area is 159 Å². The van der Waals surface area contributed by atoms with E-state index in [1.54, 1.807) is 6.92 Å². The van der Waals surface area contributed by atoms with Crippen LogP contribution in [0.2, 0.25) is 0 Å². The molecule has 6 nitrogen and oxygen atoms in total. The summed E-state index contributed by atoms with van der Waals surface area (Å²) in [5.41, 5.74) is 1.91. The Balaban J connectivity index is 1.83. The van der Waals surface area contributed by atoms with Crippen LogP contribution < -0.4 is 0 Å². The molecule has 0 spiro atoms. The normalized spacial score (nSPS) is 14.3. The number of carbonyl (C=O) groups excluding carboxylic acids is 1. The quantitative estimate of drug-likeness (QED) is 0.440. The van der Waals surface area contributed by atoms with E-state index in [4.69, 9.17) is 9.57 Å². The summed E-state index contributed by atoms with van der Waals surface area (Å²) >= 11 is 0. The van der Waals surface area contributed by atoms with Crippen LogP contribution in [-0.2, 0) is 27.6 Å². The third kappa shape index (κ3) is 7.11. The van der Waals surface area contributed by atoms with Crippen LogP contribution in [0, 0.1) is 5.92 Å². The lowest BCUT2D eigenvalue weighted by Gasteiger charge is -2.29. The van der Waals surface area contributed by atoms with Gasteiger partial charge in [0.1, 0.15) is 6.61 Å². The van der Waals surface area contributed by atoms with Gasteiger partial charge in [0, 0.05) is 5.92 Å². The lowest BCUT2D eigenvalue weighted by molar-refractivity contribution is -0.189. The molecule has 0 saturated carbocycles. The molecule has 2 N–H and O–H groups in total. The number of rotatable bonds is 12. The van der Waals surface area contributed by atoms with Crippen LogP contribution in [0.3, 0.4) is 0 Å². The third-order valence-corrected chi connectivity index (χ3v) is 4.40. The van der Waals surface area contributed by atoms with Gasteiger partial charge < -0.3 is 14.9 Å². The van der Waals surface area contributed by atoms with Crippen molar-refractivity contribution in [3.8, 4) is 0 Å². The van der Waals surface area contributed by atoms with Crippen LogP contribution in [-0.4, -0.2) is 47.0 Å². The molecule has 2 aromatic carbocycles. The number of aliphatic hydroxyl groups is 2. The van der Waals surface area contributed by atoms with Gasteiger partial charge >= 0.3 is 0 Å². The van der Waals surface area contributed by atoms with Crippen molar-refractivity contribution in [2.24, 2.45) is 5.92 Å². The molecule has 27 heavy (non-hydrogen) atoms. The monoisotopic (exact) mass is 373 g/mol. The van der Waals surface area contributed by atoms with Crippen LogP contribution in [0.4, 0.5) is 0 Å². The molecule has 3 unspecified atom stereocenters. The predicted molar refractivity (Wildman–Crippen MR) is 101 cm³/mol. The van der Waals surface area contributed by atoms with E-state index in [9.17, 15) is 15.0 Å². The smallest absolute Gasteiger partial charge is 0.233 e. The summed E-state index contributed by atoms with van der Waals surface area (Å²) in [5.74, 6) is -0.388. The standard InChI is InChI=1S/C21H27NO5/c1-17(21(13-23)26-14-18-8-4-2-5-9-18)20(25)12-22(16-24)27-15-19-10-6-3-7-11-19/h2-11,16-17,20-21,23,25H,12-15H2,1H3. The maximum absolute atomic E-state index is 11.2. The van der Waals surface area contributed by atoms with E-state index in [0.29, 0.717) is 13.0 Å². The van der Waals surface area contributed by atoms with Crippen LogP contribution in [0.25, 0.3) is 0 Å². The van der Waals surface area contributed by atoms with E-state index in [-0.39, 0.29) is 25.7 Å². The summed E-state index contributed by atoms with van der Waals surface area (Å²) in [6.45, 7) is 2.11. The van der Waals surface area contributed by atoms with Gasteiger partial charge in [-0.05, 0) is 11.1 Å². The van der Waals surface area contributed by atoms with E-state index in [1.165, 1.54) is 0 Å².